The molecule has 1 aromatic carbocycles. The SMILES string of the molecule is CC(=O)Nc1cccc(NC(=O)CC(C)N)c1C. The number of nitrogens with two attached hydrogens (primary N) is 1. The fourth-order valence-corrected chi connectivity index (χ4v) is 1.59. The topological polar surface area (TPSA) is 84.2 Å². The lowest BCUT2D eigenvalue weighted by atomic mass is 10.1. The first-order valence-electron chi connectivity index (χ1n) is 5.82. The fraction of sp³-hybridized carbons (Fsp3) is 0.385. The minimum atomic E-state index is -0.177. The molecule has 1 aromatic rings. The predicted molar refractivity (Wildman–Crippen MR) is 72.4 cm³/mol. The van der Waals surface area contributed by atoms with Crippen molar-refractivity contribution in [3.8, 4) is 0 Å². The van der Waals surface area contributed by atoms with Crippen molar-refractivity contribution < 1.29 is 9.59 Å². The number of amides is 2. The van der Waals surface area contributed by atoms with Crippen LogP contribution in [0.15, 0.2) is 18.2 Å². The molecule has 0 aliphatic heterocycles. The van der Waals surface area contributed by atoms with Gasteiger partial charge in [-0.05, 0) is 31.5 Å². The molecular weight excluding hydrogens is 230 g/mol. The Labute approximate surface area is 107 Å². The lowest BCUT2D eigenvalue weighted by Crippen LogP contribution is -2.24. The molecule has 18 heavy (non-hydrogen) atoms. The van der Waals surface area contributed by atoms with Crippen LogP contribution in [0.1, 0.15) is 25.8 Å². The van der Waals surface area contributed by atoms with Crippen molar-refractivity contribution in [1.82, 2.24) is 0 Å². The lowest BCUT2D eigenvalue weighted by molar-refractivity contribution is -0.116. The molecule has 2 amide bonds. The second-order valence-corrected chi connectivity index (χ2v) is 4.39. The third kappa shape index (κ3) is 4.18. The van der Waals surface area contributed by atoms with E-state index in [1.54, 1.807) is 25.1 Å². The summed E-state index contributed by atoms with van der Waals surface area (Å²) in [6.45, 7) is 5.06. The van der Waals surface area contributed by atoms with Crippen LogP contribution in [0.5, 0.6) is 0 Å². The minimum Gasteiger partial charge on any atom is -0.327 e. The Kier molecular flexibility index (Phi) is 4.85. The van der Waals surface area contributed by atoms with Gasteiger partial charge in [-0.1, -0.05) is 6.07 Å². The first-order valence-corrected chi connectivity index (χ1v) is 5.82. The Morgan fingerprint density at radius 1 is 1.28 bits per heavy atom. The number of carbonyl (C=O) groups excluding carboxylic acids is 2. The van der Waals surface area contributed by atoms with Gasteiger partial charge in [0.15, 0.2) is 0 Å². The first kappa shape index (κ1) is 14.2. The maximum atomic E-state index is 11.6. The Morgan fingerprint density at radius 2 is 1.83 bits per heavy atom. The van der Waals surface area contributed by atoms with E-state index in [1.165, 1.54) is 6.92 Å². The monoisotopic (exact) mass is 249 g/mol. The van der Waals surface area contributed by atoms with Gasteiger partial charge in [0.2, 0.25) is 11.8 Å². The zero-order valence-electron chi connectivity index (χ0n) is 10.9. The summed E-state index contributed by atoms with van der Waals surface area (Å²) in [5.74, 6) is -0.273. The Balaban J connectivity index is 2.83. The van der Waals surface area contributed by atoms with E-state index in [4.69, 9.17) is 5.73 Å². The van der Waals surface area contributed by atoms with Crippen molar-refractivity contribution in [2.45, 2.75) is 33.2 Å². The van der Waals surface area contributed by atoms with Gasteiger partial charge < -0.3 is 16.4 Å². The van der Waals surface area contributed by atoms with E-state index in [1.807, 2.05) is 6.92 Å². The summed E-state index contributed by atoms with van der Waals surface area (Å²) in [7, 11) is 0. The average Bonchev–Trinajstić information content (AvgIpc) is 2.22. The third-order valence-electron chi connectivity index (χ3n) is 2.43. The molecule has 0 aromatic heterocycles. The van der Waals surface area contributed by atoms with Gasteiger partial charge in [0.1, 0.15) is 0 Å². The molecule has 0 saturated heterocycles. The van der Waals surface area contributed by atoms with Crippen LogP contribution in [-0.2, 0) is 9.59 Å². The van der Waals surface area contributed by atoms with Crippen LogP contribution in [0, 0.1) is 6.92 Å². The van der Waals surface area contributed by atoms with Gasteiger partial charge in [-0.15, -0.1) is 0 Å². The molecule has 5 nitrogen and oxygen atoms in total. The first-order chi connectivity index (χ1) is 8.40. The van der Waals surface area contributed by atoms with Gasteiger partial charge in [-0.25, -0.2) is 0 Å². The van der Waals surface area contributed by atoms with Crippen LogP contribution in [0.25, 0.3) is 0 Å². The molecule has 0 saturated carbocycles. The molecule has 0 bridgehead atoms. The van der Waals surface area contributed by atoms with E-state index in [0.717, 1.165) is 5.56 Å². The van der Waals surface area contributed by atoms with Crippen molar-refractivity contribution >= 4 is 23.2 Å². The van der Waals surface area contributed by atoms with E-state index >= 15 is 0 Å². The summed E-state index contributed by atoms with van der Waals surface area (Å²) in [5.41, 5.74) is 7.77. The molecule has 0 radical (unpaired) electrons. The van der Waals surface area contributed by atoms with Crippen LogP contribution in [0.4, 0.5) is 11.4 Å². The number of benzene rings is 1. The highest BCUT2D eigenvalue weighted by Crippen LogP contribution is 2.23. The number of rotatable bonds is 4. The lowest BCUT2D eigenvalue weighted by Gasteiger charge is -2.13. The standard InChI is InChI=1S/C13H19N3O2/c1-8(14)7-13(18)16-12-6-4-5-11(9(12)2)15-10(3)17/h4-6,8H,7,14H2,1-3H3,(H,15,17)(H,16,18). The fourth-order valence-electron chi connectivity index (χ4n) is 1.59. The summed E-state index contributed by atoms with van der Waals surface area (Å²) in [6.07, 6.45) is 0.268. The van der Waals surface area contributed by atoms with Crippen LogP contribution < -0.4 is 16.4 Å². The molecule has 0 spiro atoms. The molecule has 0 heterocycles. The largest absolute Gasteiger partial charge is 0.327 e. The Morgan fingerprint density at radius 3 is 2.33 bits per heavy atom. The highest BCUT2D eigenvalue weighted by atomic mass is 16.2. The zero-order chi connectivity index (χ0) is 13.7. The number of carbonyl (C=O) groups is 2. The van der Waals surface area contributed by atoms with Crippen molar-refractivity contribution in [2.24, 2.45) is 5.73 Å². The van der Waals surface area contributed by atoms with Crippen LogP contribution in [-0.4, -0.2) is 17.9 Å². The van der Waals surface area contributed by atoms with E-state index in [-0.39, 0.29) is 24.3 Å². The quantitative estimate of drug-likeness (QED) is 0.758. The molecule has 4 N–H and O–H groups in total. The molecule has 5 heteroatoms. The van der Waals surface area contributed by atoms with Gasteiger partial charge >= 0.3 is 0 Å². The highest BCUT2D eigenvalue weighted by molar-refractivity contribution is 5.95. The van der Waals surface area contributed by atoms with Gasteiger partial charge in [0.05, 0.1) is 0 Å². The third-order valence-corrected chi connectivity index (χ3v) is 2.43. The van der Waals surface area contributed by atoms with Crippen molar-refractivity contribution in [1.29, 1.82) is 0 Å². The van der Waals surface area contributed by atoms with Gasteiger partial charge in [0.25, 0.3) is 0 Å². The Bertz CT molecular complexity index is 456. The highest BCUT2D eigenvalue weighted by Gasteiger charge is 2.09. The number of hydrogen-bond donors (Lipinski definition) is 3. The predicted octanol–water partition coefficient (Wildman–Crippen LogP) is 1.63. The number of nitrogens with one attached hydrogen (secondary N) is 2. The van der Waals surface area contributed by atoms with E-state index in [2.05, 4.69) is 10.6 Å². The van der Waals surface area contributed by atoms with Gasteiger partial charge in [-0.3, -0.25) is 9.59 Å². The zero-order valence-corrected chi connectivity index (χ0v) is 10.9. The molecule has 1 unspecified atom stereocenters. The molecule has 98 valence electrons. The summed E-state index contributed by atoms with van der Waals surface area (Å²) in [6, 6.07) is 5.18. The summed E-state index contributed by atoms with van der Waals surface area (Å²) in [4.78, 5) is 22.7. The second kappa shape index (κ2) is 6.16. The molecular formula is C13H19N3O2. The van der Waals surface area contributed by atoms with Crippen molar-refractivity contribution in [3.05, 3.63) is 23.8 Å². The minimum absolute atomic E-state index is 0.131. The van der Waals surface area contributed by atoms with Crippen LogP contribution in [0.3, 0.4) is 0 Å². The normalized spacial score (nSPS) is 11.8. The van der Waals surface area contributed by atoms with Gasteiger partial charge in [0, 0.05) is 30.8 Å². The maximum absolute atomic E-state index is 11.6. The van der Waals surface area contributed by atoms with E-state index in [0.29, 0.717) is 11.4 Å². The maximum Gasteiger partial charge on any atom is 0.225 e. The molecule has 0 aliphatic carbocycles. The summed E-state index contributed by atoms with van der Waals surface area (Å²) in [5, 5.41) is 5.50. The molecule has 1 atom stereocenters. The smallest absolute Gasteiger partial charge is 0.225 e. The van der Waals surface area contributed by atoms with Gasteiger partial charge in [-0.2, -0.15) is 0 Å². The number of anilines is 2. The van der Waals surface area contributed by atoms with Crippen LogP contribution >= 0.6 is 0 Å². The van der Waals surface area contributed by atoms with Crippen LogP contribution in [0.2, 0.25) is 0 Å². The van der Waals surface area contributed by atoms with E-state index < -0.39 is 0 Å². The molecule has 0 fully saturated rings. The average molecular weight is 249 g/mol. The Hall–Kier alpha value is -1.88. The van der Waals surface area contributed by atoms with Crippen molar-refractivity contribution in [2.75, 3.05) is 10.6 Å². The summed E-state index contributed by atoms with van der Waals surface area (Å²) < 4.78 is 0. The number of hydrogen-bond acceptors (Lipinski definition) is 3. The van der Waals surface area contributed by atoms with Crippen molar-refractivity contribution in [3.63, 3.8) is 0 Å². The molecule has 1 rings (SSSR count). The molecule has 0 aliphatic rings. The summed E-state index contributed by atoms with van der Waals surface area (Å²) >= 11 is 0. The second-order valence-electron chi connectivity index (χ2n) is 4.39. The van der Waals surface area contributed by atoms with E-state index in [9.17, 15) is 9.59 Å².